The number of aliphatic hydroxyl groups excluding tert-OH is 1. The molecule has 0 radical (unpaired) electrons. The summed E-state index contributed by atoms with van der Waals surface area (Å²) < 4.78 is 11.8. The van der Waals surface area contributed by atoms with Crippen molar-refractivity contribution in [2.45, 2.75) is 12.5 Å². The number of aromatic nitrogens is 2. The van der Waals surface area contributed by atoms with Gasteiger partial charge in [-0.05, 0) is 48.4 Å². The van der Waals surface area contributed by atoms with Crippen molar-refractivity contribution in [3.05, 3.63) is 78.1 Å². The van der Waals surface area contributed by atoms with E-state index in [9.17, 15) is 5.11 Å². The van der Waals surface area contributed by atoms with Gasteiger partial charge in [0.05, 0.1) is 12.7 Å². The molecule has 0 amide bonds. The van der Waals surface area contributed by atoms with Crippen LogP contribution in [0.5, 0.6) is 5.75 Å². The molecule has 27 heavy (non-hydrogen) atoms. The van der Waals surface area contributed by atoms with Crippen molar-refractivity contribution < 1.29 is 14.3 Å². The van der Waals surface area contributed by atoms with E-state index in [1.165, 1.54) is 0 Å². The Bertz CT molecular complexity index is 1060. The van der Waals surface area contributed by atoms with E-state index in [-0.39, 0.29) is 5.92 Å². The number of fused-ring (bicyclic) bond motifs is 2. The largest absolute Gasteiger partial charge is 0.493 e. The maximum atomic E-state index is 10.9. The standard InChI is InChI=1S/C22H18N2O3/c25-21-16(10-14-4-3-9-23-12-14)13-26-19-8-7-15(11-17(19)21)22-24-18-5-1-2-6-20(18)27-22/h1-9,11-12,16,21,25H,10,13H2/t16-,21-/m0/s1. The van der Waals surface area contributed by atoms with Gasteiger partial charge in [0.2, 0.25) is 5.89 Å². The lowest BCUT2D eigenvalue weighted by Gasteiger charge is -2.30. The Kier molecular flexibility index (Phi) is 3.87. The topological polar surface area (TPSA) is 68.4 Å². The normalized spacial score (nSPS) is 18.9. The van der Waals surface area contributed by atoms with E-state index in [0.29, 0.717) is 24.7 Å². The Morgan fingerprint density at radius 3 is 2.85 bits per heavy atom. The second-order valence-corrected chi connectivity index (χ2v) is 6.82. The molecule has 3 heterocycles. The maximum Gasteiger partial charge on any atom is 0.227 e. The van der Waals surface area contributed by atoms with Gasteiger partial charge in [0.1, 0.15) is 11.3 Å². The van der Waals surface area contributed by atoms with E-state index in [4.69, 9.17) is 9.15 Å². The molecule has 134 valence electrons. The molecule has 5 heteroatoms. The van der Waals surface area contributed by atoms with Gasteiger partial charge in [-0.3, -0.25) is 4.98 Å². The monoisotopic (exact) mass is 358 g/mol. The van der Waals surface area contributed by atoms with Gasteiger partial charge in [-0.1, -0.05) is 18.2 Å². The molecule has 2 aromatic heterocycles. The highest BCUT2D eigenvalue weighted by molar-refractivity contribution is 5.76. The van der Waals surface area contributed by atoms with Crippen molar-refractivity contribution >= 4 is 11.1 Å². The molecule has 0 saturated carbocycles. The fourth-order valence-electron chi connectivity index (χ4n) is 3.57. The average Bonchev–Trinajstić information content (AvgIpc) is 3.15. The predicted molar refractivity (Wildman–Crippen MR) is 101 cm³/mol. The molecule has 1 N–H and O–H groups in total. The lowest BCUT2D eigenvalue weighted by atomic mass is 9.88. The summed E-state index contributed by atoms with van der Waals surface area (Å²) in [5, 5.41) is 10.9. The Balaban J connectivity index is 1.47. The number of nitrogens with zero attached hydrogens (tertiary/aromatic N) is 2. The summed E-state index contributed by atoms with van der Waals surface area (Å²) in [6, 6.07) is 17.3. The molecule has 0 fully saturated rings. The SMILES string of the molecule is O[C@@H]1c2cc(-c3nc4ccccc4o3)ccc2OC[C@@H]1Cc1cccnc1. The van der Waals surface area contributed by atoms with Crippen LogP contribution in [0.25, 0.3) is 22.6 Å². The molecule has 4 aromatic rings. The quantitative estimate of drug-likeness (QED) is 0.595. The highest BCUT2D eigenvalue weighted by Gasteiger charge is 2.30. The smallest absolute Gasteiger partial charge is 0.227 e. The van der Waals surface area contributed by atoms with E-state index >= 15 is 0 Å². The third kappa shape index (κ3) is 2.96. The molecule has 2 atom stereocenters. The first-order chi connectivity index (χ1) is 13.3. The maximum absolute atomic E-state index is 10.9. The van der Waals surface area contributed by atoms with Crippen LogP contribution in [0.2, 0.25) is 0 Å². The van der Waals surface area contributed by atoms with Crippen molar-refractivity contribution in [3.63, 3.8) is 0 Å². The van der Waals surface area contributed by atoms with Crippen LogP contribution in [0.3, 0.4) is 0 Å². The van der Waals surface area contributed by atoms with Gasteiger partial charge in [-0.2, -0.15) is 0 Å². The molecule has 1 aliphatic heterocycles. The van der Waals surface area contributed by atoms with Crippen molar-refractivity contribution in [1.82, 2.24) is 9.97 Å². The summed E-state index contributed by atoms with van der Waals surface area (Å²) in [4.78, 5) is 8.70. The third-order valence-electron chi connectivity index (χ3n) is 4.99. The fourth-order valence-corrected chi connectivity index (χ4v) is 3.57. The molecule has 5 nitrogen and oxygen atoms in total. The minimum Gasteiger partial charge on any atom is -0.493 e. The van der Waals surface area contributed by atoms with E-state index < -0.39 is 6.10 Å². The van der Waals surface area contributed by atoms with Gasteiger partial charge in [-0.25, -0.2) is 4.98 Å². The van der Waals surface area contributed by atoms with Gasteiger partial charge >= 0.3 is 0 Å². The first-order valence-corrected chi connectivity index (χ1v) is 8.97. The predicted octanol–water partition coefficient (Wildman–Crippen LogP) is 4.17. The zero-order valence-electron chi connectivity index (χ0n) is 14.6. The number of rotatable bonds is 3. The van der Waals surface area contributed by atoms with E-state index in [0.717, 1.165) is 27.8 Å². The Morgan fingerprint density at radius 2 is 2.00 bits per heavy atom. The van der Waals surface area contributed by atoms with E-state index in [2.05, 4.69) is 9.97 Å². The van der Waals surface area contributed by atoms with Crippen molar-refractivity contribution in [2.24, 2.45) is 5.92 Å². The van der Waals surface area contributed by atoms with Crippen LogP contribution in [-0.4, -0.2) is 21.7 Å². The van der Waals surface area contributed by atoms with Crippen molar-refractivity contribution in [3.8, 4) is 17.2 Å². The fraction of sp³-hybridized carbons (Fsp3) is 0.182. The van der Waals surface area contributed by atoms with Gasteiger partial charge in [0, 0.05) is 29.4 Å². The number of hydrogen-bond acceptors (Lipinski definition) is 5. The van der Waals surface area contributed by atoms with Crippen LogP contribution in [0.15, 0.2) is 71.4 Å². The van der Waals surface area contributed by atoms with Crippen LogP contribution >= 0.6 is 0 Å². The Hall–Kier alpha value is -3.18. The highest BCUT2D eigenvalue weighted by Crippen LogP contribution is 2.39. The zero-order chi connectivity index (χ0) is 18.2. The molecule has 0 aliphatic carbocycles. The lowest BCUT2D eigenvalue weighted by molar-refractivity contribution is 0.0508. The molecule has 1 aliphatic rings. The molecule has 0 spiro atoms. The first-order valence-electron chi connectivity index (χ1n) is 8.97. The summed E-state index contributed by atoms with van der Waals surface area (Å²) in [5.74, 6) is 1.23. The minimum atomic E-state index is -0.613. The number of benzene rings is 2. The summed E-state index contributed by atoms with van der Waals surface area (Å²) in [6.45, 7) is 0.477. The number of pyridine rings is 1. The van der Waals surface area contributed by atoms with Crippen LogP contribution in [0.1, 0.15) is 17.2 Å². The Labute approximate surface area is 156 Å². The number of hydrogen-bond donors (Lipinski definition) is 1. The third-order valence-corrected chi connectivity index (χ3v) is 4.99. The second kappa shape index (κ2) is 6.52. The highest BCUT2D eigenvalue weighted by atomic mass is 16.5. The average molecular weight is 358 g/mol. The number of oxazole rings is 1. The van der Waals surface area contributed by atoms with E-state index in [1.54, 1.807) is 6.20 Å². The van der Waals surface area contributed by atoms with Crippen molar-refractivity contribution in [1.29, 1.82) is 0 Å². The van der Waals surface area contributed by atoms with Gasteiger partial charge in [0.25, 0.3) is 0 Å². The van der Waals surface area contributed by atoms with Gasteiger partial charge < -0.3 is 14.3 Å². The first kappa shape index (κ1) is 16.0. The lowest BCUT2D eigenvalue weighted by Crippen LogP contribution is -2.27. The second-order valence-electron chi connectivity index (χ2n) is 6.82. The summed E-state index contributed by atoms with van der Waals surface area (Å²) in [6.07, 6.45) is 3.68. The Morgan fingerprint density at radius 1 is 1.07 bits per heavy atom. The van der Waals surface area contributed by atoms with Crippen LogP contribution < -0.4 is 4.74 Å². The zero-order valence-corrected chi connectivity index (χ0v) is 14.6. The van der Waals surface area contributed by atoms with Crippen LogP contribution in [0.4, 0.5) is 0 Å². The summed E-state index contributed by atoms with van der Waals surface area (Å²) in [5.41, 5.74) is 4.25. The molecular weight excluding hydrogens is 340 g/mol. The minimum absolute atomic E-state index is 0.0272. The summed E-state index contributed by atoms with van der Waals surface area (Å²) in [7, 11) is 0. The van der Waals surface area contributed by atoms with Crippen LogP contribution in [-0.2, 0) is 6.42 Å². The van der Waals surface area contributed by atoms with Crippen molar-refractivity contribution in [2.75, 3.05) is 6.61 Å². The molecule has 0 saturated heterocycles. The molecule has 2 aromatic carbocycles. The van der Waals surface area contributed by atoms with E-state index in [1.807, 2.05) is 60.8 Å². The van der Waals surface area contributed by atoms with Gasteiger partial charge in [0.15, 0.2) is 5.58 Å². The van der Waals surface area contributed by atoms with Crippen LogP contribution in [0, 0.1) is 5.92 Å². The number of aliphatic hydroxyl groups is 1. The molecule has 5 rings (SSSR count). The molecular formula is C22H18N2O3. The molecule has 0 bridgehead atoms. The number of para-hydroxylation sites is 2. The van der Waals surface area contributed by atoms with Gasteiger partial charge in [-0.15, -0.1) is 0 Å². The summed E-state index contributed by atoms with van der Waals surface area (Å²) >= 11 is 0. The number of ether oxygens (including phenoxy) is 1. The molecule has 0 unspecified atom stereocenters.